The van der Waals surface area contributed by atoms with E-state index in [1.54, 1.807) is 7.11 Å². The molecule has 1 aliphatic heterocycles. The van der Waals surface area contributed by atoms with E-state index in [2.05, 4.69) is 16.3 Å². The quantitative estimate of drug-likeness (QED) is 0.857. The van der Waals surface area contributed by atoms with Crippen molar-refractivity contribution in [3.05, 3.63) is 35.9 Å². The van der Waals surface area contributed by atoms with Crippen LogP contribution in [0.4, 0.5) is 0 Å². The van der Waals surface area contributed by atoms with Gasteiger partial charge < -0.3 is 9.64 Å². The van der Waals surface area contributed by atoms with Gasteiger partial charge in [-0.3, -0.25) is 5.32 Å². The van der Waals surface area contributed by atoms with Crippen molar-refractivity contribution in [2.75, 3.05) is 33.8 Å². The van der Waals surface area contributed by atoms with Gasteiger partial charge >= 0.3 is 0 Å². The number of benzene rings is 1. The summed E-state index contributed by atoms with van der Waals surface area (Å²) in [6.45, 7) is 2.93. The molecule has 4 heteroatoms. The summed E-state index contributed by atoms with van der Waals surface area (Å²) >= 11 is 0. The maximum Gasteiger partial charge on any atom is 0.133 e. The Morgan fingerprint density at radius 3 is 2.75 bits per heavy atom. The van der Waals surface area contributed by atoms with Crippen LogP contribution in [0.25, 0.3) is 0 Å². The molecule has 4 nitrogen and oxygen atoms in total. The largest absolute Gasteiger partial charge is 0.380 e. The summed E-state index contributed by atoms with van der Waals surface area (Å²) in [5.41, 5.74) is 0.430. The highest BCUT2D eigenvalue weighted by atomic mass is 16.5. The van der Waals surface area contributed by atoms with E-state index >= 15 is 0 Å². The molecule has 0 bridgehead atoms. The van der Waals surface area contributed by atoms with E-state index in [4.69, 9.17) is 4.74 Å². The Hall–Kier alpha value is -1.41. The van der Waals surface area contributed by atoms with E-state index in [9.17, 15) is 5.26 Å². The smallest absolute Gasteiger partial charge is 0.133 e. The highest BCUT2D eigenvalue weighted by Gasteiger charge is 2.32. The van der Waals surface area contributed by atoms with Gasteiger partial charge in [0.2, 0.25) is 0 Å². The summed E-state index contributed by atoms with van der Waals surface area (Å²) in [6, 6.07) is 12.4. The lowest BCUT2D eigenvalue weighted by Crippen LogP contribution is -2.41. The molecule has 0 aliphatic carbocycles. The van der Waals surface area contributed by atoms with Crippen molar-refractivity contribution in [2.24, 2.45) is 0 Å². The molecular formula is C16H23N3O. The molecule has 108 valence electrons. The van der Waals surface area contributed by atoms with Gasteiger partial charge in [0.15, 0.2) is 0 Å². The van der Waals surface area contributed by atoms with Gasteiger partial charge in [0.1, 0.15) is 5.54 Å². The third kappa shape index (κ3) is 3.18. The first-order chi connectivity index (χ1) is 9.74. The van der Waals surface area contributed by atoms with Crippen molar-refractivity contribution in [1.29, 1.82) is 5.26 Å². The minimum Gasteiger partial charge on any atom is -0.380 e. The number of ether oxygens (including phenoxy) is 1. The van der Waals surface area contributed by atoms with Crippen molar-refractivity contribution in [2.45, 2.75) is 24.5 Å². The second-order valence-corrected chi connectivity index (χ2v) is 5.33. The van der Waals surface area contributed by atoms with Gasteiger partial charge in [-0.15, -0.1) is 0 Å². The lowest BCUT2D eigenvalue weighted by Gasteiger charge is -2.29. The summed E-state index contributed by atoms with van der Waals surface area (Å²) in [5.74, 6) is 0. The van der Waals surface area contributed by atoms with Crippen LogP contribution in [0.1, 0.15) is 18.4 Å². The minimum atomic E-state index is -0.605. The van der Waals surface area contributed by atoms with Gasteiger partial charge in [-0.2, -0.15) is 5.26 Å². The number of nitrogens with zero attached hydrogens (tertiary/aromatic N) is 2. The standard InChI is InChI=1S/C16H23N3O/c1-18-16(13-17,14-6-4-3-5-7-14)9-11-19-10-8-15(12-19)20-2/h3-7,15,18H,8-12H2,1-2H3. The molecule has 2 atom stereocenters. The van der Waals surface area contributed by atoms with E-state index in [-0.39, 0.29) is 0 Å². The second-order valence-electron chi connectivity index (χ2n) is 5.33. The zero-order valence-corrected chi connectivity index (χ0v) is 12.3. The summed E-state index contributed by atoms with van der Waals surface area (Å²) in [5, 5.41) is 12.9. The number of rotatable bonds is 6. The molecule has 0 spiro atoms. The Kier molecular flexibility index (Phi) is 5.13. The van der Waals surface area contributed by atoms with Gasteiger partial charge in [0, 0.05) is 26.7 Å². The topological polar surface area (TPSA) is 48.3 Å². The number of hydrogen-bond acceptors (Lipinski definition) is 4. The van der Waals surface area contributed by atoms with E-state index in [0.717, 1.165) is 38.0 Å². The highest BCUT2D eigenvalue weighted by Crippen LogP contribution is 2.25. The van der Waals surface area contributed by atoms with Crippen LogP contribution >= 0.6 is 0 Å². The molecule has 0 aromatic heterocycles. The zero-order chi connectivity index (χ0) is 14.4. The highest BCUT2D eigenvalue weighted by molar-refractivity contribution is 5.31. The van der Waals surface area contributed by atoms with Crippen LogP contribution in [0.2, 0.25) is 0 Å². The molecule has 1 saturated heterocycles. The molecule has 0 amide bonds. The predicted molar refractivity (Wildman–Crippen MR) is 79.3 cm³/mol. The predicted octanol–water partition coefficient (Wildman–Crippen LogP) is 1.74. The van der Waals surface area contributed by atoms with E-state index in [0.29, 0.717) is 6.10 Å². The van der Waals surface area contributed by atoms with Gasteiger partial charge in [-0.1, -0.05) is 30.3 Å². The normalized spacial score (nSPS) is 22.4. The summed E-state index contributed by atoms with van der Waals surface area (Å²) < 4.78 is 5.39. The summed E-state index contributed by atoms with van der Waals surface area (Å²) in [4.78, 5) is 2.38. The van der Waals surface area contributed by atoms with Crippen LogP contribution in [-0.4, -0.2) is 44.8 Å². The number of nitriles is 1. The fraction of sp³-hybridized carbons (Fsp3) is 0.562. The third-order valence-electron chi connectivity index (χ3n) is 4.25. The van der Waals surface area contributed by atoms with Gasteiger partial charge in [-0.25, -0.2) is 0 Å². The Balaban J connectivity index is 2.02. The van der Waals surface area contributed by atoms with Crippen molar-refractivity contribution in [3.8, 4) is 6.07 Å². The molecule has 1 aromatic rings. The zero-order valence-electron chi connectivity index (χ0n) is 12.3. The average Bonchev–Trinajstić information content (AvgIpc) is 2.98. The molecule has 2 rings (SSSR count). The molecule has 0 saturated carbocycles. The van der Waals surface area contributed by atoms with Gasteiger partial charge in [0.25, 0.3) is 0 Å². The fourth-order valence-electron chi connectivity index (χ4n) is 2.83. The Labute approximate surface area is 121 Å². The first-order valence-corrected chi connectivity index (χ1v) is 7.15. The minimum absolute atomic E-state index is 0.345. The molecule has 20 heavy (non-hydrogen) atoms. The molecular weight excluding hydrogens is 250 g/mol. The van der Waals surface area contributed by atoms with Crippen LogP contribution in [0.15, 0.2) is 30.3 Å². The molecule has 0 radical (unpaired) electrons. The third-order valence-corrected chi connectivity index (χ3v) is 4.25. The molecule has 1 heterocycles. The monoisotopic (exact) mass is 273 g/mol. The number of hydrogen-bond donors (Lipinski definition) is 1. The lowest BCUT2D eigenvalue weighted by molar-refractivity contribution is 0.107. The lowest BCUT2D eigenvalue weighted by atomic mass is 9.88. The van der Waals surface area contributed by atoms with Crippen molar-refractivity contribution < 1.29 is 4.74 Å². The average molecular weight is 273 g/mol. The van der Waals surface area contributed by atoms with Crippen molar-refractivity contribution in [3.63, 3.8) is 0 Å². The van der Waals surface area contributed by atoms with Crippen LogP contribution < -0.4 is 5.32 Å². The van der Waals surface area contributed by atoms with Gasteiger partial charge in [-0.05, 0) is 25.5 Å². The van der Waals surface area contributed by atoms with Crippen LogP contribution in [0.5, 0.6) is 0 Å². The van der Waals surface area contributed by atoms with Crippen molar-refractivity contribution in [1.82, 2.24) is 10.2 Å². The molecule has 1 N–H and O–H groups in total. The van der Waals surface area contributed by atoms with E-state index in [1.807, 2.05) is 37.4 Å². The summed E-state index contributed by atoms with van der Waals surface area (Å²) in [6.07, 6.45) is 2.21. The Morgan fingerprint density at radius 1 is 1.45 bits per heavy atom. The second kappa shape index (κ2) is 6.85. The van der Waals surface area contributed by atoms with Crippen LogP contribution in [0.3, 0.4) is 0 Å². The molecule has 1 aliphatic rings. The van der Waals surface area contributed by atoms with E-state index < -0.39 is 5.54 Å². The van der Waals surface area contributed by atoms with Crippen LogP contribution in [0, 0.1) is 11.3 Å². The van der Waals surface area contributed by atoms with Gasteiger partial charge in [0.05, 0.1) is 12.2 Å². The Morgan fingerprint density at radius 2 is 2.20 bits per heavy atom. The number of methoxy groups -OCH3 is 1. The molecule has 1 aromatic carbocycles. The van der Waals surface area contributed by atoms with E-state index in [1.165, 1.54) is 0 Å². The maximum absolute atomic E-state index is 9.65. The maximum atomic E-state index is 9.65. The fourth-order valence-corrected chi connectivity index (χ4v) is 2.83. The first kappa shape index (κ1) is 15.0. The SMILES string of the molecule is CNC(C#N)(CCN1CCC(OC)C1)c1ccccc1. The first-order valence-electron chi connectivity index (χ1n) is 7.15. The summed E-state index contributed by atoms with van der Waals surface area (Å²) in [7, 11) is 3.63. The molecule has 2 unspecified atom stereocenters. The Bertz CT molecular complexity index is 457. The number of likely N-dealkylation sites (tertiary alicyclic amines) is 1. The molecule has 1 fully saturated rings. The van der Waals surface area contributed by atoms with Crippen molar-refractivity contribution >= 4 is 0 Å². The van der Waals surface area contributed by atoms with Crippen LogP contribution in [-0.2, 0) is 10.3 Å². The number of nitrogens with one attached hydrogen (secondary N) is 1.